The van der Waals surface area contributed by atoms with Crippen molar-refractivity contribution in [3.63, 3.8) is 0 Å². The largest absolute Gasteiger partial charge is 0.300 e. The number of carbonyl (C=O) groups is 1. The first-order chi connectivity index (χ1) is 6.24. The van der Waals surface area contributed by atoms with Crippen LogP contribution in [0.15, 0.2) is 0 Å². The van der Waals surface area contributed by atoms with Crippen molar-refractivity contribution < 1.29 is 10.0 Å². The predicted molar refractivity (Wildman–Crippen MR) is 49.4 cm³/mol. The Kier molecular flexibility index (Phi) is 4.18. The number of hydrogen-bond acceptors (Lipinski definition) is 3. The summed E-state index contributed by atoms with van der Waals surface area (Å²) in [6.45, 7) is 4.03. The quantitative estimate of drug-likeness (QED) is 0.505. The van der Waals surface area contributed by atoms with Crippen molar-refractivity contribution >= 4 is 5.91 Å². The molecule has 1 amide bonds. The molecule has 0 aliphatic carbocycles. The Hall–Kier alpha value is -0.610. The van der Waals surface area contributed by atoms with Crippen LogP contribution in [0.1, 0.15) is 32.6 Å². The lowest BCUT2D eigenvalue weighted by molar-refractivity contribution is -0.129. The second-order valence-corrected chi connectivity index (χ2v) is 3.67. The van der Waals surface area contributed by atoms with E-state index in [1.165, 1.54) is 19.3 Å². The molecule has 1 unspecified atom stereocenters. The van der Waals surface area contributed by atoms with Crippen molar-refractivity contribution in [3.8, 4) is 0 Å². The molecule has 4 heteroatoms. The number of rotatable bonds is 3. The third-order valence-electron chi connectivity index (χ3n) is 2.69. The van der Waals surface area contributed by atoms with Crippen LogP contribution in [0.25, 0.3) is 0 Å². The average Bonchev–Trinajstić information content (AvgIpc) is 2.16. The van der Waals surface area contributed by atoms with Gasteiger partial charge in [-0.1, -0.05) is 6.42 Å². The Balaban J connectivity index is 2.22. The molecule has 0 aromatic carbocycles. The molecule has 0 spiro atoms. The van der Waals surface area contributed by atoms with Gasteiger partial charge < -0.3 is 4.90 Å². The molecular weight excluding hydrogens is 168 g/mol. The molecule has 13 heavy (non-hydrogen) atoms. The molecule has 0 saturated carbocycles. The SMILES string of the molecule is CC1CCCCN1CCC(=O)NO. The van der Waals surface area contributed by atoms with E-state index in [0.29, 0.717) is 12.5 Å². The maximum Gasteiger partial charge on any atom is 0.244 e. The summed E-state index contributed by atoms with van der Waals surface area (Å²) in [4.78, 5) is 13.1. The van der Waals surface area contributed by atoms with Crippen LogP contribution in [0.3, 0.4) is 0 Å². The lowest BCUT2D eigenvalue weighted by atomic mass is 10.0. The summed E-state index contributed by atoms with van der Waals surface area (Å²) >= 11 is 0. The maximum absolute atomic E-state index is 10.8. The van der Waals surface area contributed by atoms with Crippen LogP contribution in [-0.2, 0) is 4.79 Å². The molecule has 1 aliphatic rings. The van der Waals surface area contributed by atoms with Gasteiger partial charge in [-0.15, -0.1) is 0 Å². The molecule has 1 rings (SSSR count). The van der Waals surface area contributed by atoms with Crippen LogP contribution < -0.4 is 5.48 Å². The second-order valence-electron chi connectivity index (χ2n) is 3.67. The van der Waals surface area contributed by atoms with Gasteiger partial charge in [0.15, 0.2) is 0 Å². The van der Waals surface area contributed by atoms with Crippen molar-refractivity contribution in [3.05, 3.63) is 0 Å². The van der Waals surface area contributed by atoms with Crippen LogP contribution in [0.4, 0.5) is 0 Å². The van der Waals surface area contributed by atoms with E-state index in [1.54, 1.807) is 5.48 Å². The van der Waals surface area contributed by atoms with Gasteiger partial charge >= 0.3 is 0 Å². The number of amides is 1. The van der Waals surface area contributed by atoms with E-state index in [9.17, 15) is 4.79 Å². The van der Waals surface area contributed by atoms with Crippen molar-refractivity contribution in [2.24, 2.45) is 0 Å². The first-order valence-corrected chi connectivity index (χ1v) is 4.91. The van der Waals surface area contributed by atoms with Gasteiger partial charge in [-0.3, -0.25) is 10.0 Å². The third-order valence-corrected chi connectivity index (χ3v) is 2.69. The molecule has 1 atom stereocenters. The van der Waals surface area contributed by atoms with E-state index in [-0.39, 0.29) is 5.91 Å². The Bertz CT molecular complexity index is 173. The zero-order chi connectivity index (χ0) is 9.68. The highest BCUT2D eigenvalue weighted by Crippen LogP contribution is 2.15. The van der Waals surface area contributed by atoms with Gasteiger partial charge in [-0.25, -0.2) is 5.48 Å². The standard InChI is InChI=1S/C9H18N2O2/c1-8-4-2-3-6-11(8)7-5-9(12)10-13/h8,13H,2-7H2,1H3,(H,10,12). The van der Waals surface area contributed by atoms with Gasteiger partial charge in [0.25, 0.3) is 0 Å². The molecule has 0 aromatic heterocycles. The number of carbonyl (C=O) groups excluding carboxylic acids is 1. The summed E-state index contributed by atoms with van der Waals surface area (Å²) in [6.07, 6.45) is 4.14. The minimum absolute atomic E-state index is 0.294. The summed E-state index contributed by atoms with van der Waals surface area (Å²) in [5.41, 5.74) is 1.65. The molecule has 4 nitrogen and oxygen atoms in total. The maximum atomic E-state index is 10.8. The lowest BCUT2D eigenvalue weighted by Crippen LogP contribution is -2.39. The summed E-state index contributed by atoms with van der Waals surface area (Å²) in [5.74, 6) is -0.294. The Labute approximate surface area is 78.9 Å². The third kappa shape index (κ3) is 3.32. The number of nitrogens with zero attached hydrogens (tertiary/aromatic N) is 1. The van der Waals surface area contributed by atoms with Crippen LogP contribution >= 0.6 is 0 Å². The lowest BCUT2D eigenvalue weighted by Gasteiger charge is -2.32. The monoisotopic (exact) mass is 186 g/mol. The Morgan fingerprint density at radius 1 is 1.62 bits per heavy atom. The Morgan fingerprint density at radius 3 is 3.00 bits per heavy atom. The molecule has 0 radical (unpaired) electrons. The fourth-order valence-corrected chi connectivity index (χ4v) is 1.79. The molecular formula is C9H18N2O2. The van der Waals surface area contributed by atoms with Crippen LogP contribution in [0.2, 0.25) is 0 Å². The van der Waals surface area contributed by atoms with Gasteiger partial charge in [0.1, 0.15) is 0 Å². The molecule has 0 aromatic rings. The fourth-order valence-electron chi connectivity index (χ4n) is 1.79. The van der Waals surface area contributed by atoms with Crippen molar-refractivity contribution in [1.82, 2.24) is 10.4 Å². The summed E-state index contributed by atoms with van der Waals surface area (Å²) in [7, 11) is 0. The van der Waals surface area contributed by atoms with Crippen molar-refractivity contribution in [1.29, 1.82) is 0 Å². The van der Waals surface area contributed by atoms with Gasteiger partial charge in [-0.05, 0) is 26.3 Å². The van der Waals surface area contributed by atoms with Crippen LogP contribution in [0.5, 0.6) is 0 Å². The normalized spacial score (nSPS) is 24.3. The topological polar surface area (TPSA) is 52.6 Å². The molecule has 76 valence electrons. The van der Waals surface area contributed by atoms with E-state index < -0.39 is 0 Å². The number of hydroxylamine groups is 1. The van der Waals surface area contributed by atoms with Crippen molar-refractivity contribution in [2.45, 2.75) is 38.6 Å². The van der Waals surface area contributed by atoms with Crippen LogP contribution in [0, 0.1) is 0 Å². The van der Waals surface area contributed by atoms with E-state index >= 15 is 0 Å². The number of likely N-dealkylation sites (tertiary alicyclic amines) is 1. The summed E-state index contributed by atoms with van der Waals surface area (Å²) < 4.78 is 0. The molecule has 2 N–H and O–H groups in total. The summed E-state index contributed by atoms with van der Waals surface area (Å²) in [6, 6.07) is 0.584. The second kappa shape index (κ2) is 5.19. The van der Waals surface area contributed by atoms with E-state index in [0.717, 1.165) is 13.1 Å². The first-order valence-electron chi connectivity index (χ1n) is 4.91. The van der Waals surface area contributed by atoms with E-state index in [1.807, 2.05) is 0 Å². The van der Waals surface area contributed by atoms with Gasteiger partial charge in [-0.2, -0.15) is 0 Å². The fraction of sp³-hybridized carbons (Fsp3) is 0.889. The van der Waals surface area contributed by atoms with Crippen LogP contribution in [-0.4, -0.2) is 35.1 Å². The summed E-state index contributed by atoms with van der Waals surface area (Å²) in [5, 5.41) is 8.31. The average molecular weight is 186 g/mol. The predicted octanol–water partition coefficient (Wildman–Crippen LogP) is 0.756. The minimum atomic E-state index is -0.294. The molecule has 1 fully saturated rings. The highest BCUT2D eigenvalue weighted by atomic mass is 16.5. The number of piperidine rings is 1. The number of nitrogens with one attached hydrogen (secondary N) is 1. The molecule has 1 heterocycles. The Morgan fingerprint density at radius 2 is 2.38 bits per heavy atom. The van der Waals surface area contributed by atoms with Gasteiger partial charge in [0.2, 0.25) is 5.91 Å². The zero-order valence-corrected chi connectivity index (χ0v) is 8.12. The van der Waals surface area contributed by atoms with Crippen molar-refractivity contribution in [2.75, 3.05) is 13.1 Å². The number of hydrogen-bond donors (Lipinski definition) is 2. The van der Waals surface area contributed by atoms with Gasteiger partial charge in [0, 0.05) is 19.0 Å². The highest BCUT2D eigenvalue weighted by Gasteiger charge is 2.18. The smallest absolute Gasteiger partial charge is 0.244 e. The first kappa shape index (κ1) is 10.5. The molecule has 1 saturated heterocycles. The van der Waals surface area contributed by atoms with E-state index in [4.69, 9.17) is 5.21 Å². The zero-order valence-electron chi connectivity index (χ0n) is 8.12. The molecule has 0 bridgehead atoms. The highest BCUT2D eigenvalue weighted by molar-refractivity contribution is 5.74. The minimum Gasteiger partial charge on any atom is -0.300 e. The van der Waals surface area contributed by atoms with E-state index in [2.05, 4.69) is 11.8 Å². The van der Waals surface area contributed by atoms with Gasteiger partial charge in [0.05, 0.1) is 0 Å². The molecule has 1 aliphatic heterocycles.